The van der Waals surface area contributed by atoms with Gasteiger partial charge in [0.1, 0.15) is 5.82 Å². The molecule has 1 atom stereocenters. The van der Waals surface area contributed by atoms with Crippen LogP contribution in [0.3, 0.4) is 0 Å². The van der Waals surface area contributed by atoms with Crippen molar-refractivity contribution in [3.05, 3.63) is 35.6 Å². The fourth-order valence-electron chi connectivity index (χ4n) is 5.02. The molecule has 0 radical (unpaired) electrons. The molecule has 3 fully saturated rings. The summed E-state index contributed by atoms with van der Waals surface area (Å²) in [6, 6.07) is 6.24. The predicted octanol–water partition coefficient (Wildman–Crippen LogP) is 2.43. The van der Waals surface area contributed by atoms with E-state index in [2.05, 4.69) is 5.32 Å². The quantitative estimate of drug-likeness (QED) is 0.840. The third kappa shape index (κ3) is 4.55. The Bertz CT molecular complexity index is 745. The predicted molar refractivity (Wildman–Crippen MR) is 107 cm³/mol. The monoisotopic (exact) mass is 403 g/mol. The molecule has 1 unspecified atom stereocenters. The number of halogens is 1. The van der Waals surface area contributed by atoms with Crippen molar-refractivity contribution in [3.8, 4) is 0 Å². The van der Waals surface area contributed by atoms with Gasteiger partial charge in [-0.2, -0.15) is 0 Å². The summed E-state index contributed by atoms with van der Waals surface area (Å²) >= 11 is 0. The first-order valence-electron chi connectivity index (χ1n) is 10.7. The van der Waals surface area contributed by atoms with Crippen LogP contribution in [0.15, 0.2) is 24.3 Å². The van der Waals surface area contributed by atoms with Crippen LogP contribution in [0.1, 0.15) is 31.2 Å². The van der Waals surface area contributed by atoms with Crippen molar-refractivity contribution in [1.82, 2.24) is 15.1 Å². The van der Waals surface area contributed by atoms with E-state index in [4.69, 9.17) is 4.74 Å². The Morgan fingerprint density at radius 3 is 2.66 bits per heavy atom. The highest BCUT2D eigenvalue weighted by Crippen LogP contribution is 2.44. The number of benzene rings is 1. The van der Waals surface area contributed by atoms with Crippen LogP contribution < -0.4 is 5.32 Å². The van der Waals surface area contributed by atoms with Crippen molar-refractivity contribution in [1.29, 1.82) is 0 Å². The van der Waals surface area contributed by atoms with Crippen molar-refractivity contribution in [2.45, 2.75) is 32.1 Å². The van der Waals surface area contributed by atoms with Gasteiger partial charge in [-0.25, -0.2) is 9.18 Å². The summed E-state index contributed by atoms with van der Waals surface area (Å²) in [7, 11) is 0. The summed E-state index contributed by atoms with van der Waals surface area (Å²) in [6.07, 6.45) is 4.15. The Morgan fingerprint density at radius 2 is 1.93 bits per heavy atom. The third-order valence-corrected chi connectivity index (χ3v) is 6.79. The van der Waals surface area contributed by atoms with Crippen molar-refractivity contribution in [2.75, 3.05) is 45.9 Å². The molecular formula is C22H30FN3O3. The van der Waals surface area contributed by atoms with Gasteiger partial charge in [0.2, 0.25) is 5.91 Å². The van der Waals surface area contributed by atoms with Gasteiger partial charge in [0.25, 0.3) is 0 Å². The van der Waals surface area contributed by atoms with E-state index in [0.717, 1.165) is 38.8 Å². The summed E-state index contributed by atoms with van der Waals surface area (Å²) in [5, 5.41) is 3.11. The lowest BCUT2D eigenvalue weighted by Gasteiger charge is -2.38. The largest absolute Gasteiger partial charge is 0.381 e. The van der Waals surface area contributed by atoms with Gasteiger partial charge in [-0.05, 0) is 48.8 Å². The summed E-state index contributed by atoms with van der Waals surface area (Å²) in [4.78, 5) is 29.1. The van der Waals surface area contributed by atoms with E-state index >= 15 is 0 Å². The number of rotatable bonds is 4. The Balaban J connectivity index is 1.41. The van der Waals surface area contributed by atoms with Gasteiger partial charge in [-0.15, -0.1) is 0 Å². The van der Waals surface area contributed by atoms with Gasteiger partial charge in [-0.3, -0.25) is 4.79 Å². The zero-order valence-electron chi connectivity index (χ0n) is 16.9. The maximum Gasteiger partial charge on any atom is 0.317 e. The van der Waals surface area contributed by atoms with Crippen LogP contribution in [-0.4, -0.2) is 67.7 Å². The van der Waals surface area contributed by atoms with Crippen LogP contribution in [0.5, 0.6) is 0 Å². The number of urea groups is 1. The minimum atomic E-state index is -0.319. The normalized spacial score (nSPS) is 23.6. The number of hydrogen-bond donors (Lipinski definition) is 1. The number of likely N-dealkylation sites (tertiary alicyclic amines) is 2. The maximum atomic E-state index is 13.5. The zero-order chi connectivity index (χ0) is 20.3. The second-order valence-electron chi connectivity index (χ2n) is 8.63. The summed E-state index contributed by atoms with van der Waals surface area (Å²) in [5.74, 6) is -0.0793. The first-order valence-corrected chi connectivity index (χ1v) is 10.7. The lowest BCUT2D eigenvalue weighted by Crippen LogP contribution is -2.45. The van der Waals surface area contributed by atoms with E-state index in [1.165, 1.54) is 12.1 Å². The molecule has 1 aromatic rings. The van der Waals surface area contributed by atoms with Gasteiger partial charge >= 0.3 is 6.03 Å². The van der Waals surface area contributed by atoms with E-state index in [1.54, 1.807) is 12.1 Å². The molecular weight excluding hydrogens is 373 g/mol. The van der Waals surface area contributed by atoms with E-state index in [0.29, 0.717) is 38.4 Å². The molecule has 7 heteroatoms. The molecule has 1 aromatic carbocycles. The molecule has 3 amide bonds. The number of carbonyl (C=O) groups excluding carboxylic acids is 2. The molecule has 3 heterocycles. The second-order valence-corrected chi connectivity index (χ2v) is 8.63. The van der Waals surface area contributed by atoms with Gasteiger partial charge in [0, 0.05) is 51.9 Å². The second kappa shape index (κ2) is 8.69. The van der Waals surface area contributed by atoms with Gasteiger partial charge in [0.05, 0.1) is 6.42 Å². The van der Waals surface area contributed by atoms with Crippen LogP contribution in [0, 0.1) is 17.2 Å². The number of hydrogen-bond acceptors (Lipinski definition) is 3. The number of nitrogens with zero attached hydrogens (tertiary/aromatic N) is 2. The smallest absolute Gasteiger partial charge is 0.317 e. The molecule has 3 saturated heterocycles. The first-order chi connectivity index (χ1) is 14.1. The average Bonchev–Trinajstić information content (AvgIpc) is 3.36. The van der Waals surface area contributed by atoms with Crippen molar-refractivity contribution < 1.29 is 18.7 Å². The topological polar surface area (TPSA) is 61.9 Å². The molecule has 0 aromatic heterocycles. The molecule has 4 rings (SSSR count). The zero-order valence-corrected chi connectivity index (χ0v) is 16.9. The molecule has 1 spiro atoms. The minimum absolute atomic E-state index is 0.00582. The Morgan fingerprint density at radius 1 is 1.17 bits per heavy atom. The lowest BCUT2D eigenvalue weighted by molar-refractivity contribution is -0.130. The highest BCUT2D eigenvalue weighted by Gasteiger charge is 2.48. The standard InChI is InChI=1S/C22H30FN3O3/c23-19-5-3-4-17(12-19)13-20(27)26-15-18(22(16-26)6-10-29-11-7-22)14-24-21(28)25-8-1-2-9-25/h3-5,12,18H,1-2,6-11,13-16H2,(H,24,28). The van der Waals surface area contributed by atoms with Crippen LogP contribution in [0.2, 0.25) is 0 Å². The van der Waals surface area contributed by atoms with E-state index < -0.39 is 0 Å². The van der Waals surface area contributed by atoms with Crippen LogP contribution in [0.4, 0.5) is 9.18 Å². The number of amides is 3. The molecule has 0 aliphatic carbocycles. The Hall–Kier alpha value is -2.15. The average molecular weight is 403 g/mol. The fraction of sp³-hybridized carbons (Fsp3) is 0.636. The number of ether oxygens (including phenoxy) is 1. The van der Waals surface area contributed by atoms with Crippen LogP contribution in [-0.2, 0) is 16.0 Å². The fourth-order valence-corrected chi connectivity index (χ4v) is 5.02. The minimum Gasteiger partial charge on any atom is -0.381 e. The third-order valence-electron chi connectivity index (χ3n) is 6.79. The molecule has 0 saturated carbocycles. The maximum absolute atomic E-state index is 13.5. The van der Waals surface area contributed by atoms with Crippen molar-refractivity contribution >= 4 is 11.9 Å². The molecule has 6 nitrogen and oxygen atoms in total. The molecule has 29 heavy (non-hydrogen) atoms. The van der Waals surface area contributed by atoms with Gasteiger partial charge < -0.3 is 19.9 Å². The summed E-state index contributed by atoms with van der Waals surface area (Å²) in [5.41, 5.74) is 0.690. The molecule has 3 aliphatic rings. The van der Waals surface area contributed by atoms with Crippen molar-refractivity contribution in [3.63, 3.8) is 0 Å². The Labute approximate surface area is 171 Å². The summed E-state index contributed by atoms with van der Waals surface area (Å²) in [6.45, 7) is 4.95. The van der Waals surface area contributed by atoms with Crippen molar-refractivity contribution in [2.24, 2.45) is 11.3 Å². The number of nitrogens with one attached hydrogen (secondary N) is 1. The summed E-state index contributed by atoms with van der Waals surface area (Å²) < 4.78 is 19.0. The molecule has 0 bridgehead atoms. The molecule has 158 valence electrons. The van der Waals surface area contributed by atoms with Crippen LogP contribution in [0.25, 0.3) is 0 Å². The molecule has 1 N–H and O–H groups in total. The van der Waals surface area contributed by atoms with Gasteiger partial charge in [0.15, 0.2) is 0 Å². The van der Waals surface area contributed by atoms with E-state index in [-0.39, 0.29) is 35.5 Å². The van der Waals surface area contributed by atoms with E-state index in [1.807, 2.05) is 9.80 Å². The highest BCUT2D eigenvalue weighted by molar-refractivity contribution is 5.79. The first kappa shape index (κ1) is 20.1. The van der Waals surface area contributed by atoms with E-state index in [9.17, 15) is 14.0 Å². The molecule has 3 aliphatic heterocycles. The number of carbonyl (C=O) groups is 2. The SMILES string of the molecule is O=C(Cc1cccc(F)c1)N1CC(CNC(=O)N2CCCC2)C2(CCOCC2)C1. The highest BCUT2D eigenvalue weighted by atomic mass is 19.1. The van der Waals surface area contributed by atoms with Crippen LogP contribution >= 0.6 is 0 Å². The Kier molecular flexibility index (Phi) is 6.04. The lowest BCUT2D eigenvalue weighted by atomic mass is 9.72. The van der Waals surface area contributed by atoms with Gasteiger partial charge in [-0.1, -0.05) is 12.1 Å².